The molecule has 8 heteroatoms. The largest absolute Gasteiger partial charge is 0.462 e. The van der Waals surface area contributed by atoms with Crippen molar-refractivity contribution < 1.29 is 19.1 Å². The van der Waals surface area contributed by atoms with Crippen LogP contribution in [0.3, 0.4) is 0 Å². The monoisotopic (exact) mass is 448 g/mol. The van der Waals surface area contributed by atoms with Gasteiger partial charge < -0.3 is 19.7 Å². The molecular weight excluding hydrogens is 427 g/mol. The summed E-state index contributed by atoms with van der Waals surface area (Å²) in [6.45, 7) is 4.58. The highest BCUT2D eigenvalue weighted by molar-refractivity contribution is 6.35. The minimum atomic E-state index is -0.432. The lowest BCUT2D eigenvalue weighted by Gasteiger charge is -2.30. The van der Waals surface area contributed by atoms with Crippen molar-refractivity contribution in [1.82, 2.24) is 0 Å². The first-order valence-corrected chi connectivity index (χ1v) is 10.3. The van der Waals surface area contributed by atoms with Gasteiger partial charge in [-0.2, -0.15) is 0 Å². The summed E-state index contributed by atoms with van der Waals surface area (Å²) in [7, 11) is 0. The zero-order valence-electron chi connectivity index (χ0n) is 16.5. The van der Waals surface area contributed by atoms with Crippen molar-refractivity contribution in [1.29, 1.82) is 0 Å². The van der Waals surface area contributed by atoms with E-state index in [1.807, 2.05) is 6.07 Å². The molecule has 2 aromatic rings. The first kappa shape index (κ1) is 22.2. The Balaban J connectivity index is 1.77. The Bertz CT molecular complexity index is 956. The van der Waals surface area contributed by atoms with Crippen LogP contribution in [0, 0.1) is 0 Å². The van der Waals surface area contributed by atoms with Crippen molar-refractivity contribution in [2.75, 3.05) is 43.1 Å². The van der Waals surface area contributed by atoms with Crippen LogP contribution in [-0.2, 0) is 14.3 Å². The minimum absolute atomic E-state index is 0.266. The molecule has 3 rings (SSSR count). The molecule has 1 heterocycles. The van der Waals surface area contributed by atoms with Gasteiger partial charge in [-0.25, -0.2) is 4.79 Å². The maximum Gasteiger partial charge on any atom is 0.340 e. The van der Waals surface area contributed by atoms with E-state index in [2.05, 4.69) is 10.2 Å². The molecule has 0 radical (unpaired) electrons. The fourth-order valence-electron chi connectivity index (χ4n) is 3.05. The van der Waals surface area contributed by atoms with E-state index in [4.69, 9.17) is 32.7 Å². The van der Waals surface area contributed by atoms with Gasteiger partial charge in [-0.3, -0.25) is 4.79 Å². The van der Waals surface area contributed by atoms with Gasteiger partial charge in [0.05, 0.1) is 31.1 Å². The van der Waals surface area contributed by atoms with Crippen molar-refractivity contribution in [3.05, 3.63) is 63.6 Å². The summed E-state index contributed by atoms with van der Waals surface area (Å²) >= 11 is 12.0. The zero-order valence-corrected chi connectivity index (χ0v) is 18.0. The van der Waals surface area contributed by atoms with Gasteiger partial charge in [0.1, 0.15) is 0 Å². The van der Waals surface area contributed by atoms with Crippen molar-refractivity contribution in [3.63, 3.8) is 0 Å². The van der Waals surface area contributed by atoms with E-state index in [9.17, 15) is 9.59 Å². The Morgan fingerprint density at radius 1 is 1.17 bits per heavy atom. The van der Waals surface area contributed by atoms with Gasteiger partial charge in [0, 0.05) is 34.9 Å². The third-order valence-corrected chi connectivity index (χ3v) is 5.05. The number of nitrogens with one attached hydrogen (secondary N) is 1. The molecule has 0 aliphatic carbocycles. The number of anilines is 2. The lowest BCUT2D eigenvalue weighted by atomic mass is 10.1. The molecule has 1 fully saturated rings. The molecule has 1 saturated heterocycles. The second-order valence-corrected chi connectivity index (χ2v) is 7.38. The van der Waals surface area contributed by atoms with E-state index in [0.717, 1.165) is 5.69 Å². The molecule has 0 unspecified atom stereocenters. The SMILES string of the molecule is CCOC(=O)c1cc(NC(=O)/C=C/c2ccc(Cl)cc2Cl)ccc1N1CCOCC1. The minimum Gasteiger partial charge on any atom is -0.462 e. The van der Waals surface area contributed by atoms with Gasteiger partial charge in [0.25, 0.3) is 0 Å². The molecule has 1 amide bonds. The fourth-order valence-corrected chi connectivity index (χ4v) is 3.52. The third-order valence-electron chi connectivity index (χ3n) is 4.49. The number of benzene rings is 2. The van der Waals surface area contributed by atoms with Crippen LogP contribution in [0.5, 0.6) is 0 Å². The number of esters is 1. The number of ether oxygens (including phenoxy) is 2. The molecule has 1 N–H and O–H groups in total. The van der Waals surface area contributed by atoms with Gasteiger partial charge in [-0.05, 0) is 48.9 Å². The van der Waals surface area contributed by atoms with E-state index in [1.54, 1.807) is 43.3 Å². The second kappa shape index (κ2) is 10.5. The summed E-state index contributed by atoms with van der Waals surface area (Å²) in [5.74, 6) is -0.784. The third kappa shape index (κ3) is 5.75. The van der Waals surface area contributed by atoms with Gasteiger partial charge in [-0.15, -0.1) is 0 Å². The van der Waals surface area contributed by atoms with Crippen LogP contribution in [0.1, 0.15) is 22.8 Å². The topological polar surface area (TPSA) is 67.9 Å². The van der Waals surface area contributed by atoms with Gasteiger partial charge in [-0.1, -0.05) is 29.3 Å². The van der Waals surface area contributed by atoms with E-state index in [1.165, 1.54) is 6.08 Å². The normalized spacial score (nSPS) is 14.0. The number of hydrogen-bond acceptors (Lipinski definition) is 5. The molecule has 0 saturated carbocycles. The molecule has 158 valence electrons. The van der Waals surface area contributed by atoms with Crippen molar-refractivity contribution in [2.45, 2.75) is 6.92 Å². The predicted octanol–water partition coefficient (Wildman–Crippen LogP) is 4.66. The molecule has 0 atom stereocenters. The summed E-state index contributed by atoms with van der Waals surface area (Å²) in [4.78, 5) is 26.9. The fraction of sp³-hybridized carbons (Fsp3) is 0.273. The van der Waals surface area contributed by atoms with Gasteiger partial charge in [0.15, 0.2) is 0 Å². The molecule has 0 bridgehead atoms. The Hall–Kier alpha value is -2.54. The van der Waals surface area contributed by atoms with Crippen LogP contribution in [0.25, 0.3) is 6.08 Å². The van der Waals surface area contributed by atoms with Crippen molar-refractivity contribution in [2.24, 2.45) is 0 Å². The van der Waals surface area contributed by atoms with Crippen molar-refractivity contribution in [3.8, 4) is 0 Å². The number of nitrogens with zero attached hydrogens (tertiary/aromatic N) is 1. The van der Waals surface area contributed by atoms with E-state index in [0.29, 0.717) is 53.2 Å². The Morgan fingerprint density at radius 3 is 2.63 bits per heavy atom. The molecule has 1 aliphatic heterocycles. The Kier molecular flexibility index (Phi) is 7.74. The average Bonchev–Trinajstić information content (AvgIpc) is 2.74. The summed E-state index contributed by atoms with van der Waals surface area (Å²) in [5, 5.41) is 3.74. The molecular formula is C22H22Cl2N2O4. The zero-order chi connectivity index (χ0) is 21.5. The van der Waals surface area contributed by atoms with Gasteiger partial charge >= 0.3 is 5.97 Å². The summed E-state index contributed by atoms with van der Waals surface area (Å²) in [6.07, 6.45) is 2.97. The number of rotatable bonds is 6. The molecule has 30 heavy (non-hydrogen) atoms. The van der Waals surface area contributed by atoms with E-state index < -0.39 is 5.97 Å². The van der Waals surface area contributed by atoms with Crippen molar-refractivity contribution >= 4 is 52.5 Å². The summed E-state index contributed by atoms with van der Waals surface area (Å²) < 4.78 is 10.6. The smallest absolute Gasteiger partial charge is 0.340 e. The van der Waals surface area contributed by atoms with Crippen LogP contribution in [-0.4, -0.2) is 44.8 Å². The quantitative estimate of drug-likeness (QED) is 0.514. The number of carbonyl (C=O) groups is 2. The molecule has 0 aromatic heterocycles. The standard InChI is InChI=1S/C22H22Cl2N2O4/c1-2-30-22(28)18-14-17(6-7-20(18)26-9-11-29-12-10-26)25-21(27)8-4-15-3-5-16(23)13-19(15)24/h3-8,13-14H,2,9-12H2,1H3,(H,25,27)/b8-4+. The van der Waals surface area contributed by atoms with Crippen LogP contribution < -0.4 is 10.2 Å². The maximum absolute atomic E-state index is 12.5. The maximum atomic E-state index is 12.5. The van der Waals surface area contributed by atoms with Crippen LogP contribution >= 0.6 is 23.2 Å². The van der Waals surface area contributed by atoms with E-state index >= 15 is 0 Å². The second-order valence-electron chi connectivity index (χ2n) is 6.54. The number of amides is 1. The van der Waals surface area contributed by atoms with Crippen LogP contribution in [0.4, 0.5) is 11.4 Å². The number of halogens is 2. The van der Waals surface area contributed by atoms with Crippen LogP contribution in [0.2, 0.25) is 10.0 Å². The number of hydrogen-bond donors (Lipinski definition) is 1. The summed E-state index contributed by atoms with van der Waals surface area (Å²) in [6, 6.07) is 10.2. The Morgan fingerprint density at radius 2 is 1.93 bits per heavy atom. The van der Waals surface area contributed by atoms with E-state index in [-0.39, 0.29) is 12.5 Å². The number of morpholine rings is 1. The Labute approximate surface area is 185 Å². The van der Waals surface area contributed by atoms with Crippen LogP contribution in [0.15, 0.2) is 42.5 Å². The molecule has 2 aromatic carbocycles. The molecule has 1 aliphatic rings. The highest BCUT2D eigenvalue weighted by Gasteiger charge is 2.20. The molecule has 6 nitrogen and oxygen atoms in total. The highest BCUT2D eigenvalue weighted by atomic mass is 35.5. The summed E-state index contributed by atoms with van der Waals surface area (Å²) in [5.41, 5.74) is 2.33. The number of carbonyl (C=O) groups excluding carboxylic acids is 2. The van der Waals surface area contributed by atoms with Gasteiger partial charge in [0.2, 0.25) is 5.91 Å². The average molecular weight is 449 g/mol. The lowest BCUT2D eigenvalue weighted by Crippen LogP contribution is -2.37. The highest BCUT2D eigenvalue weighted by Crippen LogP contribution is 2.27. The predicted molar refractivity (Wildman–Crippen MR) is 120 cm³/mol. The molecule has 0 spiro atoms. The lowest BCUT2D eigenvalue weighted by molar-refractivity contribution is -0.111. The first-order chi connectivity index (χ1) is 14.5. The first-order valence-electron chi connectivity index (χ1n) is 9.56.